The van der Waals surface area contributed by atoms with Gasteiger partial charge in [0.2, 0.25) is 5.91 Å². The summed E-state index contributed by atoms with van der Waals surface area (Å²) >= 11 is 0. The van der Waals surface area contributed by atoms with Gasteiger partial charge in [-0.25, -0.2) is 19.8 Å². The third-order valence-electron chi connectivity index (χ3n) is 4.89. The molecule has 2 heterocycles. The summed E-state index contributed by atoms with van der Waals surface area (Å²) in [6.07, 6.45) is 1.55. The van der Waals surface area contributed by atoms with E-state index in [4.69, 9.17) is 9.57 Å². The molecule has 1 aliphatic heterocycles. The van der Waals surface area contributed by atoms with Crippen molar-refractivity contribution in [2.24, 2.45) is 0 Å². The lowest BCUT2D eigenvalue weighted by Crippen LogP contribution is -2.50. The van der Waals surface area contributed by atoms with Crippen molar-refractivity contribution in [1.29, 1.82) is 0 Å². The van der Waals surface area contributed by atoms with E-state index in [9.17, 15) is 9.59 Å². The zero-order valence-corrected chi connectivity index (χ0v) is 18.6. The van der Waals surface area contributed by atoms with Gasteiger partial charge in [-0.05, 0) is 33.6 Å². The third kappa shape index (κ3) is 6.03. The molecule has 0 aliphatic carbocycles. The Hall–Kier alpha value is -2.42. The molecule has 0 unspecified atom stereocenters. The summed E-state index contributed by atoms with van der Waals surface area (Å²) in [5.41, 5.74) is 1.30. The number of hydrogen-bond acceptors (Lipinski definition) is 7. The lowest BCUT2D eigenvalue weighted by Gasteiger charge is -2.37. The quantitative estimate of drug-likeness (QED) is 0.692. The molecule has 162 valence electrons. The fourth-order valence-corrected chi connectivity index (χ4v) is 3.32. The summed E-state index contributed by atoms with van der Waals surface area (Å²) in [5.74, 6) is 0.644. The van der Waals surface area contributed by atoms with E-state index in [2.05, 4.69) is 14.9 Å². The predicted molar refractivity (Wildman–Crippen MR) is 110 cm³/mol. The lowest BCUT2D eigenvalue weighted by atomic mass is 9.95. The number of amides is 2. The SMILES string of the molecule is CON(C)C(=O)C[C@@H](C)c1c(C)ncnc1N1CCN(C(=O)OC(C)(C)C)CC1. The van der Waals surface area contributed by atoms with Gasteiger partial charge in [0.05, 0.1) is 7.11 Å². The van der Waals surface area contributed by atoms with Crippen LogP contribution in [-0.4, -0.2) is 77.9 Å². The summed E-state index contributed by atoms with van der Waals surface area (Å²) in [6.45, 7) is 11.9. The minimum Gasteiger partial charge on any atom is -0.444 e. The van der Waals surface area contributed by atoms with Crippen molar-refractivity contribution >= 4 is 17.8 Å². The summed E-state index contributed by atoms with van der Waals surface area (Å²) in [4.78, 5) is 42.3. The molecule has 9 heteroatoms. The van der Waals surface area contributed by atoms with E-state index in [1.165, 1.54) is 12.2 Å². The first-order valence-electron chi connectivity index (χ1n) is 9.88. The van der Waals surface area contributed by atoms with Crippen LogP contribution in [0.5, 0.6) is 0 Å². The van der Waals surface area contributed by atoms with Crippen molar-refractivity contribution < 1.29 is 19.2 Å². The molecule has 1 fully saturated rings. The monoisotopic (exact) mass is 407 g/mol. The largest absolute Gasteiger partial charge is 0.444 e. The van der Waals surface area contributed by atoms with E-state index in [1.807, 2.05) is 34.6 Å². The van der Waals surface area contributed by atoms with Crippen molar-refractivity contribution in [2.45, 2.75) is 52.6 Å². The molecule has 2 rings (SSSR count). The first-order valence-corrected chi connectivity index (χ1v) is 9.88. The Bertz CT molecular complexity index is 726. The first kappa shape index (κ1) is 22.9. The Labute approximate surface area is 172 Å². The molecule has 0 N–H and O–H groups in total. The average molecular weight is 408 g/mol. The van der Waals surface area contributed by atoms with Gasteiger partial charge in [0.25, 0.3) is 0 Å². The maximum Gasteiger partial charge on any atom is 0.410 e. The summed E-state index contributed by atoms with van der Waals surface area (Å²) in [7, 11) is 3.06. The minimum atomic E-state index is -0.511. The maximum atomic E-state index is 12.3. The topological polar surface area (TPSA) is 88.1 Å². The molecule has 1 aromatic rings. The zero-order chi connectivity index (χ0) is 21.8. The van der Waals surface area contributed by atoms with Gasteiger partial charge >= 0.3 is 6.09 Å². The highest BCUT2D eigenvalue weighted by molar-refractivity contribution is 5.76. The zero-order valence-electron chi connectivity index (χ0n) is 18.6. The van der Waals surface area contributed by atoms with Crippen LogP contribution in [0.25, 0.3) is 0 Å². The molecule has 0 spiro atoms. The summed E-state index contributed by atoms with van der Waals surface area (Å²) in [5, 5.41) is 1.23. The maximum absolute atomic E-state index is 12.3. The van der Waals surface area contributed by atoms with E-state index in [1.54, 1.807) is 18.3 Å². The second kappa shape index (κ2) is 9.39. The highest BCUT2D eigenvalue weighted by Gasteiger charge is 2.29. The number of nitrogens with zero attached hydrogens (tertiary/aromatic N) is 5. The van der Waals surface area contributed by atoms with Crippen LogP contribution in [0.2, 0.25) is 0 Å². The van der Waals surface area contributed by atoms with Crippen LogP contribution in [0.15, 0.2) is 6.33 Å². The third-order valence-corrected chi connectivity index (χ3v) is 4.89. The molecule has 9 nitrogen and oxygen atoms in total. The van der Waals surface area contributed by atoms with Crippen LogP contribution in [-0.2, 0) is 14.4 Å². The van der Waals surface area contributed by atoms with Crippen LogP contribution in [0.1, 0.15) is 51.3 Å². The normalized spacial score (nSPS) is 15.8. The van der Waals surface area contributed by atoms with Crippen LogP contribution < -0.4 is 4.90 Å². The summed E-state index contributed by atoms with van der Waals surface area (Å²) in [6, 6.07) is 0. The van der Waals surface area contributed by atoms with E-state index >= 15 is 0 Å². The number of hydrogen-bond donors (Lipinski definition) is 0. The van der Waals surface area contributed by atoms with E-state index < -0.39 is 5.60 Å². The van der Waals surface area contributed by atoms with Crippen molar-refractivity contribution in [2.75, 3.05) is 45.2 Å². The Kier molecular flexibility index (Phi) is 7.40. The standard InChI is InChI=1S/C20H33N5O4/c1-14(12-16(26)23(6)28-7)17-15(2)21-13-22-18(17)24-8-10-25(11-9-24)19(27)29-20(3,4)5/h13-14H,8-12H2,1-7H3/t14-/m1/s1. The minimum absolute atomic E-state index is 0.0693. The van der Waals surface area contributed by atoms with E-state index in [-0.39, 0.29) is 17.9 Å². The van der Waals surface area contributed by atoms with Gasteiger partial charge in [-0.2, -0.15) is 0 Å². The molecule has 0 bridgehead atoms. The van der Waals surface area contributed by atoms with Gasteiger partial charge in [0.15, 0.2) is 0 Å². The number of carbonyl (C=O) groups is 2. The molecule has 0 radical (unpaired) electrons. The number of piperazine rings is 1. The average Bonchev–Trinajstić information content (AvgIpc) is 2.65. The van der Waals surface area contributed by atoms with Crippen LogP contribution in [0.4, 0.5) is 10.6 Å². The molecular weight excluding hydrogens is 374 g/mol. The highest BCUT2D eigenvalue weighted by atomic mass is 16.7. The van der Waals surface area contributed by atoms with E-state index in [0.29, 0.717) is 32.6 Å². The number of anilines is 1. The van der Waals surface area contributed by atoms with Gasteiger partial charge in [0, 0.05) is 50.9 Å². The molecule has 0 aromatic carbocycles. The van der Waals surface area contributed by atoms with Crippen molar-refractivity contribution in [3.63, 3.8) is 0 Å². The Morgan fingerprint density at radius 2 is 1.83 bits per heavy atom. The fraction of sp³-hybridized carbons (Fsp3) is 0.700. The molecule has 29 heavy (non-hydrogen) atoms. The van der Waals surface area contributed by atoms with Crippen LogP contribution in [0, 0.1) is 6.92 Å². The Balaban J connectivity index is 2.11. The second-order valence-corrected chi connectivity index (χ2v) is 8.33. The highest BCUT2D eigenvalue weighted by Crippen LogP contribution is 2.31. The van der Waals surface area contributed by atoms with Gasteiger partial charge < -0.3 is 14.5 Å². The Morgan fingerprint density at radius 1 is 1.21 bits per heavy atom. The van der Waals surface area contributed by atoms with Crippen molar-refractivity contribution in [1.82, 2.24) is 19.9 Å². The Morgan fingerprint density at radius 3 is 2.38 bits per heavy atom. The number of aryl methyl sites for hydroxylation is 1. The smallest absolute Gasteiger partial charge is 0.410 e. The van der Waals surface area contributed by atoms with Crippen molar-refractivity contribution in [3.8, 4) is 0 Å². The van der Waals surface area contributed by atoms with Gasteiger partial charge in [0.1, 0.15) is 17.7 Å². The molecule has 1 aliphatic rings. The fourth-order valence-electron chi connectivity index (χ4n) is 3.32. The molecular formula is C20H33N5O4. The number of aromatic nitrogens is 2. The molecule has 2 amide bonds. The lowest BCUT2D eigenvalue weighted by molar-refractivity contribution is -0.169. The molecule has 1 aromatic heterocycles. The van der Waals surface area contributed by atoms with Crippen molar-refractivity contribution in [3.05, 3.63) is 17.6 Å². The second-order valence-electron chi connectivity index (χ2n) is 8.33. The predicted octanol–water partition coefficient (Wildman–Crippen LogP) is 2.36. The number of rotatable bonds is 5. The van der Waals surface area contributed by atoms with Crippen LogP contribution in [0.3, 0.4) is 0 Å². The molecule has 1 atom stereocenters. The van der Waals surface area contributed by atoms with Crippen LogP contribution >= 0.6 is 0 Å². The number of hydroxylamine groups is 2. The summed E-state index contributed by atoms with van der Waals surface area (Å²) < 4.78 is 5.46. The molecule has 0 saturated carbocycles. The number of carbonyl (C=O) groups excluding carboxylic acids is 2. The van der Waals surface area contributed by atoms with Gasteiger partial charge in [-0.3, -0.25) is 9.63 Å². The van der Waals surface area contributed by atoms with Gasteiger partial charge in [-0.15, -0.1) is 0 Å². The number of ether oxygens (including phenoxy) is 1. The molecule has 1 saturated heterocycles. The first-order chi connectivity index (χ1) is 13.5. The van der Waals surface area contributed by atoms with E-state index in [0.717, 1.165) is 17.1 Å². The van der Waals surface area contributed by atoms with Gasteiger partial charge in [-0.1, -0.05) is 6.92 Å².